The fraction of sp³-hybridized carbons (Fsp3) is 0.438. The van der Waals surface area contributed by atoms with Crippen LogP contribution in [0, 0.1) is 0 Å². The molecule has 10 nitrogen and oxygen atoms in total. The Balaban J connectivity index is 0.000000481. The second-order valence-corrected chi connectivity index (χ2v) is 5.61. The molecule has 0 spiro atoms. The molecule has 9 N–H and O–H groups in total. The number of rotatable bonds is 7. The number of hydrogen-bond donors (Lipinski definition) is 6. The number of carboxylic acids is 2. The van der Waals surface area contributed by atoms with E-state index >= 15 is 0 Å². The van der Waals surface area contributed by atoms with Crippen molar-refractivity contribution in [2.45, 2.75) is 44.5 Å². The maximum atomic E-state index is 10.9. The van der Waals surface area contributed by atoms with Gasteiger partial charge in [-0.3, -0.25) is 14.4 Å². The summed E-state index contributed by atoms with van der Waals surface area (Å²) in [5.41, 5.74) is 16.5. The number of benzene rings is 1. The topological polar surface area (TPSA) is 199 Å². The largest absolute Gasteiger partial charge is 0.508 e. The molecule has 0 radical (unpaired) electrons. The number of hydrogen-bond acceptors (Lipinski definition) is 8. The predicted octanol–water partition coefficient (Wildman–Crippen LogP) is -0.976. The zero-order valence-corrected chi connectivity index (χ0v) is 14.5. The zero-order chi connectivity index (χ0) is 20.4. The number of phenols is 1. The van der Waals surface area contributed by atoms with Crippen molar-refractivity contribution in [3.05, 3.63) is 29.8 Å². The lowest BCUT2D eigenvalue weighted by Crippen LogP contribution is -2.44. The molecule has 1 aromatic rings. The molecule has 0 aliphatic rings. The first-order chi connectivity index (χ1) is 12.0. The second kappa shape index (κ2) is 11.0. The molecule has 1 aromatic carbocycles. The van der Waals surface area contributed by atoms with E-state index < -0.39 is 42.1 Å². The molecule has 0 unspecified atom stereocenters. The summed E-state index contributed by atoms with van der Waals surface area (Å²) < 4.78 is 4.67. The molecule has 0 fully saturated rings. The van der Waals surface area contributed by atoms with Crippen molar-refractivity contribution in [2.75, 3.05) is 0 Å². The number of carbonyl (C=O) groups excluding carboxylic acids is 1. The van der Waals surface area contributed by atoms with E-state index in [1.807, 2.05) is 0 Å². The number of phenolic OH excluding ortho intramolecular Hbond substituents is 1. The molecule has 146 valence electrons. The Labute approximate surface area is 150 Å². The predicted molar refractivity (Wildman–Crippen MR) is 92.2 cm³/mol. The fourth-order valence-electron chi connectivity index (χ4n) is 1.54. The molecule has 0 heterocycles. The van der Waals surface area contributed by atoms with E-state index in [9.17, 15) is 14.4 Å². The van der Waals surface area contributed by atoms with Gasteiger partial charge < -0.3 is 37.3 Å². The normalized spacial score (nSPS) is 14.8. The van der Waals surface area contributed by atoms with Gasteiger partial charge in [-0.05, 0) is 38.0 Å². The minimum absolute atomic E-state index is 0.160. The Bertz CT molecular complexity index is 604. The van der Waals surface area contributed by atoms with Gasteiger partial charge in [0.2, 0.25) is 0 Å². The maximum Gasteiger partial charge on any atom is 0.324 e. The van der Waals surface area contributed by atoms with Crippen molar-refractivity contribution in [2.24, 2.45) is 17.2 Å². The maximum absolute atomic E-state index is 10.9. The number of esters is 1. The molecule has 0 aliphatic carbocycles. The third-order valence-corrected chi connectivity index (χ3v) is 3.17. The summed E-state index contributed by atoms with van der Waals surface area (Å²) in [4.78, 5) is 31.6. The van der Waals surface area contributed by atoms with Crippen LogP contribution in [-0.4, -0.2) is 57.5 Å². The van der Waals surface area contributed by atoms with Crippen LogP contribution in [0.4, 0.5) is 0 Å². The van der Waals surface area contributed by atoms with E-state index in [0.717, 1.165) is 5.56 Å². The SMILES string of the molecule is C[C@H](N)C(=O)O[C@H](C)[C@H](N)C(=O)O.N[C@@H](Cc1ccc(O)cc1)C(=O)O. The first-order valence-corrected chi connectivity index (χ1v) is 7.66. The molecule has 0 saturated heterocycles. The zero-order valence-electron chi connectivity index (χ0n) is 14.5. The van der Waals surface area contributed by atoms with Crippen molar-refractivity contribution >= 4 is 17.9 Å². The first-order valence-electron chi connectivity index (χ1n) is 7.66. The van der Waals surface area contributed by atoms with Crippen LogP contribution in [0.25, 0.3) is 0 Å². The van der Waals surface area contributed by atoms with Gasteiger partial charge in [0.25, 0.3) is 0 Å². The molecule has 1 rings (SSSR count). The number of carbonyl (C=O) groups is 3. The Morgan fingerprint density at radius 2 is 1.50 bits per heavy atom. The Morgan fingerprint density at radius 1 is 1.00 bits per heavy atom. The summed E-state index contributed by atoms with van der Waals surface area (Å²) in [7, 11) is 0. The minimum Gasteiger partial charge on any atom is -0.508 e. The lowest BCUT2D eigenvalue weighted by molar-refractivity contribution is -0.154. The highest BCUT2D eigenvalue weighted by Gasteiger charge is 2.24. The molecule has 0 amide bonds. The Hall–Kier alpha value is -2.69. The van der Waals surface area contributed by atoms with Crippen molar-refractivity contribution in [3.8, 4) is 5.75 Å². The Morgan fingerprint density at radius 3 is 1.88 bits per heavy atom. The van der Waals surface area contributed by atoms with Crippen LogP contribution in [0.1, 0.15) is 19.4 Å². The van der Waals surface area contributed by atoms with E-state index in [4.69, 9.17) is 32.5 Å². The highest BCUT2D eigenvalue weighted by Crippen LogP contribution is 2.10. The fourth-order valence-corrected chi connectivity index (χ4v) is 1.54. The lowest BCUT2D eigenvalue weighted by atomic mass is 10.1. The van der Waals surface area contributed by atoms with Crippen LogP contribution in [0.3, 0.4) is 0 Å². The van der Waals surface area contributed by atoms with Gasteiger partial charge >= 0.3 is 17.9 Å². The van der Waals surface area contributed by atoms with Crippen molar-refractivity contribution in [1.29, 1.82) is 0 Å². The van der Waals surface area contributed by atoms with Gasteiger partial charge in [0.15, 0.2) is 0 Å². The van der Waals surface area contributed by atoms with Crippen molar-refractivity contribution < 1.29 is 34.4 Å². The van der Waals surface area contributed by atoms with E-state index in [2.05, 4.69) is 4.74 Å². The summed E-state index contributed by atoms with van der Waals surface area (Å²) in [5, 5.41) is 25.9. The third-order valence-electron chi connectivity index (χ3n) is 3.17. The number of aromatic hydroxyl groups is 1. The minimum atomic E-state index is -1.22. The highest BCUT2D eigenvalue weighted by atomic mass is 16.5. The van der Waals surface area contributed by atoms with Crippen LogP contribution < -0.4 is 17.2 Å². The molecule has 0 bridgehead atoms. The molecule has 0 aliphatic heterocycles. The summed E-state index contributed by atoms with van der Waals surface area (Å²) in [6.07, 6.45) is -0.605. The summed E-state index contributed by atoms with van der Waals surface area (Å²) in [6.45, 7) is 2.85. The van der Waals surface area contributed by atoms with Gasteiger partial charge in [0.1, 0.15) is 30.0 Å². The number of carboxylic acid groups (broad SMARTS) is 2. The summed E-state index contributed by atoms with van der Waals surface area (Å²) in [6, 6.07) is 3.43. The lowest BCUT2D eigenvalue weighted by Gasteiger charge is -2.17. The molecule has 4 atom stereocenters. The van der Waals surface area contributed by atoms with Crippen LogP contribution in [0.2, 0.25) is 0 Å². The number of nitrogens with two attached hydrogens (primary N) is 3. The van der Waals surface area contributed by atoms with Gasteiger partial charge in [-0.2, -0.15) is 0 Å². The Kier molecular flexibility index (Phi) is 9.89. The van der Waals surface area contributed by atoms with E-state index in [1.54, 1.807) is 12.1 Å². The highest BCUT2D eigenvalue weighted by molar-refractivity contribution is 5.77. The first kappa shape index (κ1) is 23.3. The van der Waals surface area contributed by atoms with Crippen LogP contribution >= 0.6 is 0 Å². The monoisotopic (exact) mass is 371 g/mol. The third kappa shape index (κ3) is 8.97. The quantitative estimate of drug-likeness (QED) is 0.324. The van der Waals surface area contributed by atoms with E-state index in [1.165, 1.54) is 26.0 Å². The van der Waals surface area contributed by atoms with Gasteiger partial charge in [-0.15, -0.1) is 0 Å². The van der Waals surface area contributed by atoms with Crippen molar-refractivity contribution in [1.82, 2.24) is 0 Å². The molecule has 0 saturated carbocycles. The standard InChI is InChI=1S/C9H11NO3.C7H14N2O4/c10-8(9(12)13)5-6-1-3-7(11)4-2-6;1-3(8)7(12)13-4(2)5(9)6(10)11/h1-4,8,11H,5,10H2,(H,12,13);3-5H,8-9H2,1-2H3,(H,10,11)/t8-;3-,4+,5-/m00/s1. The number of aliphatic carboxylic acids is 2. The molecular weight excluding hydrogens is 346 g/mol. The number of ether oxygens (including phenoxy) is 1. The van der Waals surface area contributed by atoms with Gasteiger partial charge in [-0.25, -0.2) is 0 Å². The van der Waals surface area contributed by atoms with Crippen molar-refractivity contribution in [3.63, 3.8) is 0 Å². The average molecular weight is 371 g/mol. The van der Waals surface area contributed by atoms with E-state index in [0.29, 0.717) is 0 Å². The molecule has 0 aromatic heterocycles. The van der Waals surface area contributed by atoms with Crippen LogP contribution in [0.15, 0.2) is 24.3 Å². The smallest absolute Gasteiger partial charge is 0.324 e. The summed E-state index contributed by atoms with van der Waals surface area (Å²) >= 11 is 0. The summed E-state index contributed by atoms with van der Waals surface area (Å²) in [5.74, 6) is -2.74. The molecular formula is C16H25N3O7. The molecule has 10 heteroatoms. The second-order valence-electron chi connectivity index (χ2n) is 5.61. The van der Waals surface area contributed by atoms with Gasteiger partial charge in [-0.1, -0.05) is 12.1 Å². The van der Waals surface area contributed by atoms with E-state index in [-0.39, 0.29) is 12.2 Å². The van der Waals surface area contributed by atoms with Crippen LogP contribution in [-0.2, 0) is 25.5 Å². The van der Waals surface area contributed by atoms with Crippen LogP contribution in [0.5, 0.6) is 5.75 Å². The van der Waals surface area contributed by atoms with Gasteiger partial charge in [0.05, 0.1) is 0 Å². The average Bonchev–Trinajstić information content (AvgIpc) is 2.56. The van der Waals surface area contributed by atoms with Gasteiger partial charge in [0, 0.05) is 0 Å². The molecule has 26 heavy (non-hydrogen) atoms.